The van der Waals surface area contributed by atoms with Gasteiger partial charge in [-0.2, -0.15) is 5.26 Å². The molecule has 0 radical (unpaired) electrons. The van der Waals surface area contributed by atoms with Crippen molar-refractivity contribution in [2.75, 3.05) is 6.61 Å². The number of aliphatic hydroxyl groups excluding tert-OH is 1. The molecular formula is C10H14N2O4. The number of amides is 1. The lowest BCUT2D eigenvalue weighted by atomic mass is 10.1. The number of nitriles is 1. The molecule has 0 rings (SSSR count). The maximum Gasteiger partial charge on any atom is 0.352 e. The highest BCUT2D eigenvalue weighted by atomic mass is 16.5. The molecule has 0 aliphatic rings. The first-order chi connectivity index (χ1) is 7.43. The summed E-state index contributed by atoms with van der Waals surface area (Å²) in [6, 6.07) is 0.736. The van der Waals surface area contributed by atoms with E-state index >= 15 is 0 Å². The lowest BCUT2D eigenvalue weighted by Crippen LogP contribution is -2.33. The number of carbonyl (C=O) groups is 2. The second-order valence-corrected chi connectivity index (χ2v) is 3.01. The maximum absolute atomic E-state index is 11.2. The van der Waals surface area contributed by atoms with Crippen molar-refractivity contribution < 1.29 is 19.4 Å². The standard InChI is InChI=1S/C10H14N2O4/c1-4-16-10(15)8(5-11)9(14)6(2)12-7(3)13/h6,14H,4H2,1-3H3,(H,12,13)/b9-8-/t6-/m0/s1. The van der Waals surface area contributed by atoms with Crippen molar-refractivity contribution in [1.82, 2.24) is 5.32 Å². The first-order valence-electron chi connectivity index (χ1n) is 4.71. The Morgan fingerprint density at radius 3 is 2.50 bits per heavy atom. The van der Waals surface area contributed by atoms with Gasteiger partial charge in [-0.15, -0.1) is 0 Å². The van der Waals surface area contributed by atoms with Crippen molar-refractivity contribution in [3.8, 4) is 6.07 Å². The van der Waals surface area contributed by atoms with Gasteiger partial charge in [-0.1, -0.05) is 0 Å². The van der Waals surface area contributed by atoms with Gasteiger partial charge in [-0.25, -0.2) is 4.79 Å². The van der Waals surface area contributed by atoms with Gasteiger partial charge in [0.1, 0.15) is 11.8 Å². The zero-order chi connectivity index (χ0) is 12.7. The average molecular weight is 226 g/mol. The Morgan fingerprint density at radius 2 is 2.12 bits per heavy atom. The van der Waals surface area contributed by atoms with Crippen LogP contribution < -0.4 is 5.32 Å². The molecule has 0 bridgehead atoms. The Kier molecular flexibility index (Phi) is 5.63. The molecule has 0 unspecified atom stereocenters. The Balaban J connectivity index is 4.94. The van der Waals surface area contributed by atoms with Crippen molar-refractivity contribution >= 4 is 11.9 Å². The van der Waals surface area contributed by atoms with E-state index < -0.39 is 23.3 Å². The zero-order valence-corrected chi connectivity index (χ0v) is 9.40. The fourth-order valence-corrected chi connectivity index (χ4v) is 1.00. The molecule has 0 aromatic heterocycles. The zero-order valence-electron chi connectivity index (χ0n) is 9.40. The minimum Gasteiger partial charge on any atom is -0.508 e. The van der Waals surface area contributed by atoms with E-state index in [1.807, 2.05) is 0 Å². The van der Waals surface area contributed by atoms with Crippen LogP contribution in [0.5, 0.6) is 0 Å². The number of carbonyl (C=O) groups excluding carboxylic acids is 2. The largest absolute Gasteiger partial charge is 0.508 e. The van der Waals surface area contributed by atoms with Crippen LogP contribution in [0.25, 0.3) is 0 Å². The van der Waals surface area contributed by atoms with Crippen LogP contribution in [0.2, 0.25) is 0 Å². The van der Waals surface area contributed by atoms with Crippen molar-refractivity contribution in [2.45, 2.75) is 26.8 Å². The van der Waals surface area contributed by atoms with E-state index in [2.05, 4.69) is 10.1 Å². The number of nitrogens with zero attached hydrogens (tertiary/aromatic N) is 1. The van der Waals surface area contributed by atoms with E-state index in [1.165, 1.54) is 13.8 Å². The summed E-state index contributed by atoms with van der Waals surface area (Å²) in [5.41, 5.74) is -0.497. The van der Waals surface area contributed by atoms with Gasteiger partial charge in [0.15, 0.2) is 5.57 Å². The number of aliphatic hydroxyl groups is 1. The SMILES string of the molecule is CCOC(=O)/C(C#N)=C(\O)[C@H](C)NC(C)=O. The lowest BCUT2D eigenvalue weighted by Gasteiger charge is -2.12. The Morgan fingerprint density at radius 1 is 1.56 bits per heavy atom. The first-order valence-corrected chi connectivity index (χ1v) is 4.71. The van der Waals surface area contributed by atoms with Gasteiger partial charge in [0, 0.05) is 6.92 Å². The van der Waals surface area contributed by atoms with Crippen LogP contribution in [-0.2, 0) is 14.3 Å². The van der Waals surface area contributed by atoms with E-state index in [0.29, 0.717) is 0 Å². The van der Waals surface area contributed by atoms with Crippen LogP contribution in [0, 0.1) is 11.3 Å². The van der Waals surface area contributed by atoms with Crippen LogP contribution in [-0.4, -0.2) is 29.6 Å². The van der Waals surface area contributed by atoms with Crippen LogP contribution in [0.1, 0.15) is 20.8 Å². The van der Waals surface area contributed by atoms with Crippen molar-refractivity contribution in [3.63, 3.8) is 0 Å². The van der Waals surface area contributed by atoms with Crippen molar-refractivity contribution in [3.05, 3.63) is 11.3 Å². The highest BCUT2D eigenvalue weighted by Crippen LogP contribution is 2.07. The number of hydrogen-bond donors (Lipinski definition) is 2. The van der Waals surface area contributed by atoms with E-state index in [0.717, 1.165) is 0 Å². The third-order valence-corrected chi connectivity index (χ3v) is 1.68. The van der Waals surface area contributed by atoms with Gasteiger partial charge >= 0.3 is 5.97 Å². The third-order valence-electron chi connectivity index (χ3n) is 1.68. The maximum atomic E-state index is 11.2. The van der Waals surface area contributed by atoms with Crippen LogP contribution in [0.15, 0.2) is 11.3 Å². The van der Waals surface area contributed by atoms with Crippen LogP contribution in [0.3, 0.4) is 0 Å². The molecule has 0 aliphatic heterocycles. The summed E-state index contributed by atoms with van der Waals surface area (Å²) in [4.78, 5) is 22.0. The quantitative estimate of drug-likeness (QED) is 0.313. The van der Waals surface area contributed by atoms with Crippen LogP contribution >= 0.6 is 0 Å². The predicted octanol–water partition coefficient (Wildman–Crippen LogP) is 0.410. The summed E-state index contributed by atoms with van der Waals surface area (Å²) in [5.74, 6) is -1.78. The molecule has 0 spiro atoms. The Hall–Kier alpha value is -2.03. The molecule has 6 heteroatoms. The van der Waals surface area contributed by atoms with Crippen molar-refractivity contribution in [1.29, 1.82) is 5.26 Å². The second-order valence-electron chi connectivity index (χ2n) is 3.01. The summed E-state index contributed by atoms with van der Waals surface area (Å²) < 4.78 is 4.58. The molecule has 1 atom stereocenters. The van der Waals surface area contributed by atoms with Crippen molar-refractivity contribution in [2.24, 2.45) is 0 Å². The van der Waals surface area contributed by atoms with Gasteiger partial charge in [0.05, 0.1) is 12.6 Å². The van der Waals surface area contributed by atoms with Crippen LogP contribution in [0.4, 0.5) is 0 Å². The Labute approximate surface area is 93.5 Å². The minimum absolute atomic E-state index is 0.103. The number of ether oxygens (including phenoxy) is 1. The summed E-state index contributed by atoms with van der Waals surface area (Å²) in [6.45, 7) is 4.40. The lowest BCUT2D eigenvalue weighted by molar-refractivity contribution is -0.138. The number of hydrogen-bond acceptors (Lipinski definition) is 5. The molecule has 0 saturated heterocycles. The molecule has 0 aromatic rings. The number of nitrogens with one attached hydrogen (secondary N) is 1. The fraction of sp³-hybridized carbons (Fsp3) is 0.500. The summed E-state index contributed by atoms with van der Waals surface area (Å²) >= 11 is 0. The minimum atomic E-state index is -0.903. The Bertz CT molecular complexity index is 354. The summed E-state index contributed by atoms with van der Waals surface area (Å²) in [5, 5.41) is 20.6. The van der Waals surface area contributed by atoms with Gasteiger partial charge < -0.3 is 15.2 Å². The van der Waals surface area contributed by atoms with E-state index in [9.17, 15) is 14.7 Å². The molecule has 0 saturated carbocycles. The molecular weight excluding hydrogens is 212 g/mol. The molecule has 2 N–H and O–H groups in total. The summed E-state index contributed by atoms with van der Waals surface area (Å²) in [6.07, 6.45) is 0. The monoisotopic (exact) mass is 226 g/mol. The normalized spacial score (nSPS) is 13.1. The molecule has 0 fully saturated rings. The molecule has 0 aliphatic carbocycles. The summed E-state index contributed by atoms with van der Waals surface area (Å²) in [7, 11) is 0. The molecule has 0 heterocycles. The predicted molar refractivity (Wildman–Crippen MR) is 55.2 cm³/mol. The molecule has 88 valence electrons. The van der Waals surface area contributed by atoms with E-state index in [1.54, 1.807) is 13.0 Å². The van der Waals surface area contributed by atoms with Gasteiger partial charge in [-0.3, -0.25) is 4.79 Å². The highest BCUT2D eigenvalue weighted by Gasteiger charge is 2.20. The fourth-order valence-electron chi connectivity index (χ4n) is 1.00. The topological polar surface area (TPSA) is 99.4 Å². The van der Waals surface area contributed by atoms with E-state index in [-0.39, 0.29) is 12.5 Å². The average Bonchev–Trinajstić information content (AvgIpc) is 2.17. The number of rotatable bonds is 4. The molecule has 6 nitrogen and oxygen atoms in total. The van der Waals surface area contributed by atoms with E-state index in [4.69, 9.17) is 5.26 Å². The molecule has 16 heavy (non-hydrogen) atoms. The van der Waals surface area contributed by atoms with Gasteiger partial charge in [0.2, 0.25) is 5.91 Å². The second kappa shape index (κ2) is 6.45. The highest BCUT2D eigenvalue weighted by molar-refractivity contribution is 5.93. The smallest absolute Gasteiger partial charge is 0.352 e. The number of esters is 1. The molecule has 1 amide bonds. The van der Waals surface area contributed by atoms with Gasteiger partial charge in [-0.05, 0) is 13.8 Å². The van der Waals surface area contributed by atoms with Gasteiger partial charge in [0.25, 0.3) is 0 Å². The molecule has 0 aromatic carbocycles. The third kappa shape index (κ3) is 4.00. The first kappa shape index (κ1) is 14.0.